The van der Waals surface area contributed by atoms with E-state index in [0.717, 1.165) is 37.8 Å². The SMILES string of the molecule is CCOc1cc(CNCCC(C)C)ccc1N(CC)CC. The van der Waals surface area contributed by atoms with Crippen LogP contribution >= 0.6 is 0 Å². The van der Waals surface area contributed by atoms with Crippen LogP contribution in [0.25, 0.3) is 0 Å². The molecule has 0 saturated carbocycles. The average molecular weight is 292 g/mol. The maximum atomic E-state index is 5.84. The van der Waals surface area contributed by atoms with Crippen LogP contribution in [-0.4, -0.2) is 26.2 Å². The van der Waals surface area contributed by atoms with E-state index >= 15 is 0 Å². The van der Waals surface area contributed by atoms with E-state index in [9.17, 15) is 0 Å². The Bertz CT molecular complexity index is 400. The summed E-state index contributed by atoms with van der Waals surface area (Å²) in [5.41, 5.74) is 2.49. The van der Waals surface area contributed by atoms with Crippen molar-refractivity contribution < 1.29 is 4.74 Å². The van der Waals surface area contributed by atoms with Gasteiger partial charge in [0.2, 0.25) is 0 Å². The van der Waals surface area contributed by atoms with E-state index in [4.69, 9.17) is 4.74 Å². The first-order valence-electron chi connectivity index (χ1n) is 8.33. The third-order valence-electron chi connectivity index (χ3n) is 3.66. The first kappa shape index (κ1) is 17.8. The molecule has 0 fully saturated rings. The number of nitrogens with one attached hydrogen (secondary N) is 1. The molecule has 0 aliphatic carbocycles. The summed E-state index contributed by atoms with van der Waals surface area (Å²) in [5.74, 6) is 1.76. The molecular formula is C18H32N2O. The van der Waals surface area contributed by atoms with Gasteiger partial charge >= 0.3 is 0 Å². The molecule has 0 unspecified atom stereocenters. The molecular weight excluding hydrogens is 260 g/mol. The van der Waals surface area contributed by atoms with Crippen LogP contribution in [0.2, 0.25) is 0 Å². The molecule has 0 amide bonds. The zero-order valence-electron chi connectivity index (χ0n) is 14.4. The van der Waals surface area contributed by atoms with Crippen LogP contribution in [0.3, 0.4) is 0 Å². The van der Waals surface area contributed by atoms with Gasteiger partial charge in [0.05, 0.1) is 12.3 Å². The molecule has 3 heteroatoms. The summed E-state index contributed by atoms with van der Waals surface area (Å²) in [6, 6.07) is 6.58. The van der Waals surface area contributed by atoms with Gasteiger partial charge in [0.1, 0.15) is 5.75 Å². The number of ether oxygens (including phenoxy) is 1. The Hall–Kier alpha value is -1.22. The smallest absolute Gasteiger partial charge is 0.142 e. The normalized spacial score (nSPS) is 11.0. The summed E-state index contributed by atoms with van der Waals surface area (Å²) in [7, 11) is 0. The highest BCUT2D eigenvalue weighted by Crippen LogP contribution is 2.29. The highest BCUT2D eigenvalue weighted by Gasteiger charge is 2.10. The number of benzene rings is 1. The van der Waals surface area contributed by atoms with Crippen molar-refractivity contribution in [3.05, 3.63) is 23.8 Å². The van der Waals surface area contributed by atoms with Crippen LogP contribution in [0.5, 0.6) is 5.75 Å². The van der Waals surface area contributed by atoms with E-state index in [1.807, 2.05) is 6.92 Å². The third-order valence-corrected chi connectivity index (χ3v) is 3.66. The average Bonchev–Trinajstić information content (AvgIpc) is 2.47. The summed E-state index contributed by atoms with van der Waals surface area (Å²) in [4.78, 5) is 2.33. The van der Waals surface area contributed by atoms with Crippen molar-refractivity contribution in [1.29, 1.82) is 0 Å². The van der Waals surface area contributed by atoms with E-state index in [-0.39, 0.29) is 0 Å². The summed E-state index contributed by atoms with van der Waals surface area (Å²) in [6.07, 6.45) is 1.22. The Kier molecular flexibility index (Phi) is 8.21. The lowest BCUT2D eigenvalue weighted by atomic mass is 10.1. The molecule has 120 valence electrons. The molecule has 0 aliphatic heterocycles. The lowest BCUT2D eigenvalue weighted by Crippen LogP contribution is -2.23. The number of anilines is 1. The van der Waals surface area contributed by atoms with Crippen molar-refractivity contribution >= 4 is 5.69 Å². The van der Waals surface area contributed by atoms with Crippen molar-refractivity contribution in [2.24, 2.45) is 5.92 Å². The van der Waals surface area contributed by atoms with Crippen LogP contribution in [0, 0.1) is 5.92 Å². The van der Waals surface area contributed by atoms with Crippen molar-refractivity contribution in [2.45, 2.75) is 47.6 Å². The molecule has 21 heavy (non-hydrogen) atoms. The van der Waals surface area contributed by atoms with Gasteiger partial charge in [0.15, 0.2) is 0 Å². The van der Waals surface area contributed by atoms with E-state index in [1.54, 1.807) is 0 Å². The number of hydrogen-bond acceptors (Lipinski definition) is 3. The molecule has 1 aromatic carbocycles. The van der Waals surface area contributed by atoms with Crippen molar-refractivity contribution in [1.82, 2.24) is 5.32 Å². The summed E-state index contributed by atoms with van der Waals surface area (Å²) in [5, 5.41) is 3.51. The number of hydrogen-bond donors (Lipinski definition) is 1. The van der Waals surface area contributed by atoms with E-state index in [2.05, 4.69) is 56.1 Å². The molecule has 1 aromatic rings. The molecule has 0 aromatic heterocycles. The standard InChI is InChI=1S/C18H32N2O/c1-6-20(7-2)17-10-9-16(13-18(17)21-8-3)14-19-12-11-15(4)5/h9-10,13,15,19H,6-8,11-12,14H2,1-5H3. The minimum Gasteiger partial charge on any atom is -0.492 e. The fourth-order valence-corrected chi connectivity index (χ4v) is 2.39. The second kappa shape index (κ2) is 9.67. The molecule has 0 bridgehead atoms. The van der Waals surface area contributed by atoms with Gasteiger partial charge in [-0.15, -0.1) is 0 Å². The molecule has 0 spiro atoms. The van der Waals surface area contributed by atoms with Gasteiger partial charge in [-0.1, -0.05) is 19.9 Å². The van der Waals surface area contributed by atoms with E-state index < -0.39 is 0 Å². The van der Waals surface area contributed by atoms with Crippen LogP contribution in [-0.2, 0) is 6.54 Å². The van der Waals surface area contributed by atoms with Crippen molar-refractivity contribution in [2.75, 3.05) is 31.1 Å². The fourth-order valence-electron chi connectivity index (χ4n) is 2.39. The maximum absolute atomic E-state index is 5.84. The highest BCUT2D eigenvalue weighted by molar-refractivity contribution is 5.59. The van der Waals surface area contributed by atoms with Crippen molar-refractivity contribution in [3.63, 3.8) is 0 Å². The second-order valence-corrected chi connectivity index (χ2v) is 5.77. The highest BCUT2D eigenvalue weighted by atomic mass is 16.5. The summed E-state index contributed by atoms with van der Waals surface area (Å²) >= 11 is 0. The minimum atomic E-state index is 0.707. The molecule has 0 heterocycles. The molecule has 0 radical (unpaired) electrons. The Labute approximate surface area is 130 Å². The van der Waals surface area contributed by atoms with Crippen LogP contribution in [0.4, 0.5) is 5.69 Å². The van der Waals surface area contributed by atoms with Crippen molar-refractivity contribution in [3.8, 4) is 5.75 Å². The predicted molar refractivity (Wildman–Crippen MR) is 92.3 cm³/mol. The van der Waals surface area contributed by atoms with Crippen LogP contribution < -0.4 is 15.0 Å². The van der Waals surface area contributed by atoms with Gasteiger partial charge in [-0.25, -0.2) is 0 Å². The lowest BCUT2D eigenvalue weighted by Gasteiger charge is -2.24. The Morgan fingerprint density at radius 2 is 1.86 bits per heavy atom. The molecule has 0 aliphatic rings. The zero-order chi connectivity index (χ0) is 15.7. The first-order valence-corrected chi connectivity index (χ1v) is 8.33. The Balaban J connectivity index is 2.73. The van der Waals surface area contributed by atoms with Gasteiger partial charge in [-0.3, -0.25) is 0 Å². The molecule has 0 saturated heterocycles. The topological polar surface area (TPSA) is 24.5 Å². The minimum absolute atomic E-state index is 0.707. The maximum Gasteiger partial charge on any atom is 0.142 e. The molecule has 1 N–H and O–H groups in total. The van der Waals surface area contributed by atoms with Gasteiger partial charge in [0, 0.05) is 19.6 Å². The molecule has 1 rings (SSSR count). The van der Waals surface area contributed by atoms with Gasteiger partial charge < -0.3 is 15.0 Å². The monoisotopic (exact) mass is 292 g/mol. The fraction of sp³-hybridized carbons (Fsp3) is 0.667. The van der Waals surface area contributed by atoms with E-state index in [1.165, 1.54) is 17.7 Å². The zero-order valence-corrected chi connectivity index (χ0v) is 14.4. The van der Waals surface area contributed by atoms with E-state index in [0.29, 0.717) is 6.61 Å². The number of rotatable bonds is 10. The first-order chi connectivity index (χ1) is 10.1. The largest absolute Gasteiger partial charge is 0.492 e. The third kappa shape index (κ3) is 5.96. The molecule has 3 nitrogen and oxygen atoms in total. The number of nitrogens with zero attached hydrogens (tertiary/aromatic N) is 1. The molecule has 0 atom stereocenters. The van der Waals surface area contributed by atoms with Gasteiger partial charge in [0.25, 0.3) is 0 Å². The van der Waals surface area contributed by atoms with Gasteiger partial charge in [-0.2, -0.15) is 0 Å². The summed E-state index contributed by atoms with van der Waals surface area (Å²) < 4.78 is 5.84. The summed E-state index contributed by atoms with van der Waals surface area (Å²) in [6.45, 7) is 15.6. The predicted octanol–water partition coefficient (Wildman–Crippen LogP) is 4.07. The van der Waals surface area contributed by atoms with Gasteiger partial charge in [-0.05, 0) is 57.4 Å². The Morgan fingerprint density at radius 3 is 2.43 bits per heavy atom. The quantitative estimate of drug-likeness (QED) is 0.658. The lowest BCUT2D eigenvalue weighted by molar-refractivity contribution is 0.340. The second-order valence-electron chi connectivity index (χ2n) is 5.77. The van der Waals surface area contributed by atoms with Crippen LogP contribution in [0.1, 0.15) is 46.6 Å². The van der Waals surface area contributed by atoms with Crippen LogP contribution in [0.15, 0.2) is 18.2 Å². The Morgan fingerprint density at radius 1 is 1.14 bits per heavy atom.